The molecule has 59 heavy (non-hydrogen) atoms. The fourth-order valence-electron chi connectivity index (χ4n) is 10.4. The molecule has 3 aromatic heterocycles. The smallest absolute Gasteiger partial charge is 0.254 e. The predicted molar refractivity (Wildman–Crippen MR) is 255 cm³/mol. The molecule has 0 amide bonds. The minimum absolute atomic E-state index is 0.0254. The van der Waals surface area contributed by atoms with Crippen LogP contribution < -0.4 is 26.2 Å². The molecule has 0 unspecified atom stereocenters. The molecule has 0 radical (unpaired) electrons. The van der Waals surface area contributed by atoms with E-state index in [-0.39, 0.29) is 12.1 Å². The summed E-state index contributed by atoms with van der Waals surface area (Å²) in [7, 11) is 0. The third-order valence-corrected chi connectivity index (χ3v) is 14.2. The summed E-state index contributed by atoms with van der Waals surface area (Å²) in [4.78, 5) is 5.05. The number of aromatic nitrogens is 1. The summed E-state index contributed by atoms with van der Waals surface area (Å²) in [5, 5.41) is 7.85. The predicted octanol–water partition coefficient (Wildman–Crippen LogP) is 13.1. The fourth-order valence-corrected chi connectivity index (χ4v) is 11.7. The summed E-state index contributed by atoms with van der Waals surface area (Å²) < 4.78 is 3.79. The molecule has 5 heterocycles. The van der Waals surface area contributed by atoms with Crippen LogP contribution in [0.2, 0.25) is 0 Å². The molecule has 2 aliphatic heterocycles. The van der Waals surface area contributed by atoms with Crippen LogP contribution in [0, 0.1) is 0 Å². The number of anilines is 6. The number of hydrogen-bond acceptors (Lipinski definition) is 3. The van der Waals surface area contributed by atoms with Gasteiger partial charge in [0, 0.05) is 54.7 Å². The molecule has 0 fully saturated rings. The normalized spacial score (nSPS) is 13.6. The van der Waals surface area contributed by atoms with Crippen molar-refractivity contribution < 1.29 is 0 Å². The van der Waals surface area contributed by atoms with Crippen molar-refractivity contribution in [3.63, 3.8) is 0 Å². The van der Waals surface area contributed by atoms with Gasteiger partial charge in [-0.2, -0.15) is 0 Å². The molecular weight excluding hydrogens is 733 g/mol. The number of hydrogen-bond donors (Lipinski definition) is 0. The average molecular weight is 772 g/mol. The van der Waals surface area contributed by atoms with Crippen molar-refractivity contribution >= 4 is 116 Å². The van der Waals surface area contributed by atoms with Crippen LogP contribution in [0.3, 0.4) is 0 Å². The second kappa shape index (κ2) is 11.9. The van der Waals surface area contributed by atoms with E-state index >= 15 is 0 Å². The highest BCUT2D eigenvalue weighted by Gasteiger charge is 2.45. The molecule has 3 nitrogen and oxygen atoms in total. The van der Waals surface area contributed by atoms with Crippen molar-refractivity contribution in [3.05, 3.63) is 181 Å². The number of para-hydroxylation sites is 4. The second-order valence-electron chi connectivity index (χ2n) is 17.3. The summed E-state index contributed by atoms with van der Waals surface area (Å²) >= 11 is 1.92. The van der Waals surface area contributed by atoms with Crippen LogP contribution in [0.1, 0.15) is 26.3 Å². The van der Waals surface area contributed by atoms with E-state index in [1.54, 1.807) is 0 Å². The summed E-state index contributed by atoms with van der Waals surface area (Å²) in [5.41, 5.74) is 17.8. The Labute approximate surface area is 347 Å². The van der Waals surface area contributed by atoms with Gasteiger partial charge in [-0.05, 0) is 117 Å². The number of rotatable bonds is 3. The molecule has 2 aliphatic rings. The molecule has 0 saturated carbocycles. The summed E-state index contributed by atoms with van der Waals surface area (Å²) in [5.74, 6) is 0. The van der Waals surface area contributed by atoms with Crippen molar-refractivity contribution in [1.82, 2.24) is 4.40 Å². The summed E-state index contributed by atoms with van der Waals surface area (Å²) in [6.07, 6.45) is 0. The molecular formula is C54H38BN3S. The van der Waals surface area contributed by atoms with Gasteiger partial charge >= 0.3 is 0 Å². The van der Waals surface area contributed by atoms with Crippen LogP contribution in [-0.2, 0) is 5.41 Å². The minimum atomic E-state index is 0.0254. The van der Waals surface area contributed by atoms with Gasteiger partial charge in [-0.15, -0.1) is 11.3 Å². The number of fused-ring (bicyclic) bond motifs is 12. The van der Waals surface area contributed by atoms with Gasteiger partial charge in [0.2, 0.25) is 0 Å². The highest BCUT2D eigenvalue weighted by Crippen LogP contribution is 2.49. The monoisotopic (exact) mass is 771 g/mol. The molecule has 0 atom stereocenters. The zero-order valence-electron chi connectivity index (χ0n) is 33.1. The molecule has 0 aliphatic carbocycles. The molecule has 0 spiro atoms. The zero-order valence-corrected chi connectivity index (χ0v) is 33.9. The lowest BCUT2D eigenvalue weighted by Gasteiger charge is -2.43. The van der Waals surface area contributed by atoms with Gasteiger partial charge in [0.15, 0.2) is 0 Å². The van der Waals surface area contributed by atoms with Gasteiger partial charge in [0.25, 0.3) is 6.71 Å². The van der Waals surface area contributed by atoms with Crippen molar-refractivity contribution in [2.45, 2.75) is 26.2 Å². The maximum atomic E-state index is 2.53. The molecule has 0 saturated heterocycles. The van der Waals surface area contributed by atoms with E-state index in [0.717, 1.165) is 5.69 Å². The van der Waals surface area contributed by atoms with Crippen LogP contribution in [0.4, 0.5) is 33.4 Å². The van der Waals surface area contributed by atoms with E-state index in [2.05, 4.69) is 211 Å². The van der Waals surface area contributed by atoms with E-state index in [4.69, 9.17) is 0 Å². The maximum Gasteiger partial charge on any atom is 0.254 e. The van der Waals surface area contributed by atoms with Gasteiger partial charge in [0.1, 0.15) is 0 Å². The lowest BCUT2D eigenvalue weighted by molar-refractivity contribution is 0.591. The lowest BCUT2D eigenvalue weighted by Crippen LogP contribution is -2.61. The molecule has 0 bridgehead atoms. The molecule has 278 valence electrons. The van der Waals surface area contributed by atoms with Crippen LogP contribution in [0.15, 0.2) is 176 Å². The van der Waals surface area contributed by atoms with Crippen molar-refractivity contribution in [1.29, 1.82) is 0 Å². The standard InChI is InChI=1S/C54H38BN3S/c1-54(2,3)35-26-28-49-42(32-35)50-53(59-49)57(37-17-8-5-9-18-37)47-24-14-23-46-51(47)55(50)43-27-25-33(31-48(43)56(46)36-15-6-4-7-16-36)34-29-40-38-19-10-12-21-44(38)58-45-22-13-11-20-39(45)41(30-34)52(40)58/h4-32H,1-3H3. The zero-order chi connectivity index (χ0) is 39.1. The Morgan fingerprint density at radius 2 is 1.07 bits per heavy atom. The molecule has 5 heteroatoms. The number of thiophene rings is 1. The van der Waals surface area contributed by atoms with Gasteiger partial charge < -0.3 is 14.2 Å². The Hall–Kier alpha value is -6.82. The first kappa shape index (κ1) is 33.2. The quantitative estimate of drug-likeness (QED) is 0.166. The third kappa shape index (κ3) is 4.54. The largest absolute Gasteiger partial charge is 0.311 e. The molecule has 0 N–H and O–H groups in total. The Balaban J connectivity index is 1.11. The first-order valence-electron chi connectivity index (χ1n) is 20.6. The number of nitrogens with zero attached hydrogens (tertiary/aromatic N) is 3. The number of benzene rings is 8. The first-order valence-corrected chi connectivity index (χ1v) is 21.5. The first-order chi connectivity index (χ1) is 28.9. The highest BCUT2D eigenvalue weighted by atomic mass is 32.1. The Morgan fingerprint density at radius 1 is 0.458 bits per heavy atom. The average Bonchev–Trinajstić information content (AvgIpc) is 3.93. The SMILES string of the molecule is CC(C)(C)c1ccc2sc3c(c2c1)B1c2ccc(-c4cc5c6ccccc6n6c7ccccc7c(c4)c56)cc2N(c2ccccc2)c2cccc(c21)N3c1ccccc1. The third-order valence-electron chi connectivity index (χ3n) is 13.0. The van der Waals surface area contributed by atoms with Gasteiger partial charge in [0.05, 0.1) is 21.6 Å². The van der Waals surface area contributed by atoms with E-state index in [1.807, 2.05) is 11.3 Å². The minimum Gasteiger partial charge on any atom is -0.311 e. The topological polar surface area (TPSA) is 10.9 Å². The van der Waals surface area contributed by atoms with Crippen molar-refractivity contribution in [2.24, 2.45) is 0 Å². The fraction of sp³-hybridized carbons (Fsp3) is 0.0741. The van der Waals surface area contributed by atoms with Crippen LogP contribution in [-0.4, -0.2) is 11.1 Å². The lowest BCUT2D eigenvalue weighted by atomic mass is 9.33. The van der Waals surface area contributed by atoms with E-state index in [1.165, 1.54) is 109 Å². The van der Waals surface area contributed by atoms with E-state index in [9.17, 15) is 0 Å². The Morgan fingerprint density at radius 3 is 1.73 bits per heavy atom. The highest BCUT2D eigenvalue weighted by molar-refractivity contribution is 7.26. The molecule has 11 aromatic rings. The van der Waals surface area contributed by atoms with Crippen molar-refractivity contribution in [2.75, 3.05) is 9.80 Å². The van der Waals surface area contributed by atoms with Gasteiger partial charge in [-0.3, -0.25) is 0 Å². The summed E-state index contributed by atoms with van der Waals surface area (Å²) in [6.45, 7) is 7.03. The second-order valence-corrected chi connectivity index (χ2v) is 18.4. The van der Waals surface area contributed by atoms with E-state index < -0.39 is 0 Å². The van der Waals surface area contributed by atoms with Crippen LogP contribution >= 0.6 is 11.3 Å². The van der Waals surface area contributed by atoms with Crippen LogP contribution in [0.5, 0.6) is 0 Å². The van der Waals surface area contributed by atoms with E-state index in [0.29, 0.717) is 0 Å². The Bertz CT molecular complexity index is 3420. The summed E-state index contributed by atoms with van der Waals surface area (Å²) in [6, 6.07) is 66.0. The van der Waals surface area contributed by atoms with Gasteiger partial charge in [-0.1, -0.05) is 124 Å². The van der Waals surface area contributed by atoms with Crippen molar-refractivity contribution in [3.8, 4) is 11.1 Å². The molecule has 8 aromatic carbocycles. The van der Waals surface area contributed by atoms with Crippen LogP contribution in [0.25, 0.3) is 59.3 Å². The maximum absolute atomic E-state index is 2.53. The molecule has 13 rings (SSSR count). The van der Waals surface area contributed by atoms with Gasteiger partial charge in [-0.25, -0.2) is 0 Å². The Kier molecular flexibility index (Phi) is 6.68.